The lowest BCUT2D eigenvalue weighted by molar-refractivity contribution is -0.138. The Balaban J connectivity index is 3.16. The maximum Gasteiger partial charge on any atom is 0.240 e. The van der Waals surface area contributed by atoms with Gasteiger partial charge < -0.3 is 4.74 Å². The van der Waals surface area contributed by atoms with Crippen molar-refractivity contribution in [2.24, 2.45) is 0 Å². The lowest BCUT2D eigenvalue weighted by Gasteiger charge is -2.15. The van der Waals surface area contributed by atoms with Crippen LogP contribution in [0.5, 0.6) is 0 Å². The van der Waals surface area contributed by atoms with Gasteiger partial charge in [-0.15, -0.1) is 0 Å². The van der Waals surface area contributed by atoms with Gasteiger partial charge in [0.25, 0.3) is 0 Å². The van der Waals surface area contributed by atoms with Gasteiger partial charge in [-0.1, -0.05) is 103 Å². The minimum atomic E-state index is -0.204. The normalized spacial score (nSPS) is 12.2. The van der Waals surface area contributed by atoms with Crippen molar-refractivity contribution < 1.29 is 14.4 Å². The monoisotopic (exact) mass is 417 g/mol. The van der Waals surface area contributed by atoms with Gasteiger partial charge in [0.2, 0.25) is 5.91 Å². The summed E-state index contributed by atoms with van der Waals surface area (Å²) in [6.45, 7) is 4.94. The Morgan fingerprint density at radius 1 is 0.786 bits per heavy atom. The summed E-state index contributed by atoms with van der Waals surface area (Å²) in [4.78, 5) is 16.0. The maximum atomic E-state index is 10.8. The van der Waals surface area contributed by atoms with Crippen LogP contribution in [0.2, 0.25) is 0 Å². The van der Waals surface area contributed by atoms with E-state index in [1.165, 1.54) is 103 Å². The van der Waals surface area contributed by atoms with E-state index in [0.29, 0.717) is 12.4 Å². The lowest BCUT2D eigenvalue weighted by atomic mass is 10.0. The number of thiol groups is 1. The Morgan fingerprint density at radius 3 is 1.61 bits per heavy atom. The minimum absolute atomic E-state index is 0.187. The molecule has 0 spiro atoms. The molecule has 0 heterocycles. The highest BCUT2D eigenvalue weighted by Gasteiger charge is 2.08. The van der Waals surface area contributed by atoms with Crippen LogP contribution >= 0.6 is 12.6 Å². The van der Waals surface area contributed by atoms with Crippen molar-refractivity contribution in [1.29, 1.82) is 0 Å². The number of rotatable bonds is 22. The first-order valence-electron chi connectivity index (χ1n) is 11.8. The Hall–Kier alpha value is -0.260. The summed E-state index contributed by atoms with van der Waals surface area (Å²) in [5, 5.41) is 0. The third kappa shape index (κ3) is 22.0. The second kappa shape index (κ2) is 23.0. The Labute approximate surface area is 180 Å². The molecule has 168 valence electrons. The van der Waals surface area contributed by atoms with Crippen LogP contribution in [0.3, 0.4) is 0 Å². The molecule has 0 saturated carbocycles. The Bertz CT molecular complexity index is 329. The van der Waals surface area contributed by atoms with Crippen LogP contribution in [0.15, 0.2) is 0 Å². The van der Waals surface area contributed by atoms with Crippen LogP contribution in [-0.2, 0) is 14.4 Å². The summed E-state index contributed by atoms with van der Waals surface area (Å²) in [5.74, 6) is 0.323. The van der Waals surface area contributed by atoms with E-state index in [1.807, 2.05) is 0 Å². The van der Waals surface area contributed by atoms with E-state index in [-0.39, 0.29) is 12.0 Å². The first-order chi connectivity index (χ1) is 13.7. The van der Waals surface area contributed by atoms with Crippen molar-refractivity contribution >= 4 is 18.5 Å². The van der Waals surface area contributed by atoms with E-state index in [9.17, 15) is 4.79 Å². The number of amides is 1. The van der Waals surface area contributed by atoms with Gasteiger partial charge in [-0.3, -0.25) is 9.63 Å². The molecule has 1 amide bonds. The topological polar surface area (TPSA) is 47.6 Å². The molecule has 0 aromatic rings. The molecule has 4 nitrogen and oxygen atoms in total. The first-order valence-corrected chi connectivity index (χ1v) is 12.4. The summed E-state index contributed by atoms with van der Waals surface area (Å²) >= 11 is 4.20. The van der Waals surface area contributed by atoms with E-state index >= 15 is 0 Å². The number of unbranched alkanes of at least 4 members (excludes halogenated alkanes) is 15. The fourth-order valence-electron chi connectivity index (χ4n) is 3.26. The minimum Gasteiger partial charge on any atom is -0.379 e. The summed E-state index contributed by atoms with van der Waals surface area (Å²) < 4.78 is 5.61. The number of hydroxylamine groups is 1. The van der Waals surface area contributed by atoms with Crippen molar-refractivity contribution in [3.8, 4) is 0 Å². The maximum absolute atomic E-state index is 10.8. The number of hydrogen-bond acceptors (Lipinski definition) is 4. The Kier molecular flexibility index (Phi) is 22.8. The molecule has 0 aromatic heterocycles. The van der Waals surface area contributed by atoms with Crippen LogP contribution in [-0.4, -0.2) is 31.0 Å². The third-order valence-corrected chi connectivity index (χ3v) is 5.43. The highest BCUT2D eigenvalue weighted by molar-refractivity contribution is 7.80. The molecule has 1 N–H and O–H groups in total. The predicted molar refractivity (Wildman–Crippen MR) is 123 cm³/mol. The quantitative estimate of drug-likeness (QED) is 0.118. The van der Waals surface area contributed by atoms with Gasteiger partial charge in [0.05, 0.1) is 6.61 Å². The average molecular weight is 418 g/mol. The molecular formula is C23H47NO3S. The van der Waals surface area contributed by atoms with Gasteiger partial charge in [0.15, 0.2) is 0 Å². The number of hydrogen-bond donors (Lipinski definition) is 2. The molecule has 1 atom stereocenters. The molecule has 0 aliphatic heterocycles. The third-order valence-electron chi connectivity index (χ3n) is 5.02. The van der Waals surface area contributed by atoms with Gasteiger partial charge in [-0.05, 0) is 6.42 Å². The zero-order valence-electron chi connectivity index (χ0n) is 18.7. The number of ether oxygens (including phenoxy) is 1. The van der Waals surface area contributed by atoms with Gasteiger partial charge >= 0.3 is 0 Å². The van der Waals surface area contributed by atoms with Gasteiger partial charge in [0.1, 0.15) is 6.10 Å². The predicted octanol–water partition coefficient (Wildman–Crippen LogP) is 6.63. The van der Waals surface area contributed by atoms with Gasteiger partial charge in [-0.25, -0.2) is 5.48 Å². The van der Waals surface area contributed by atoms with Crippen LogP contribution in [0.1, 0.15) is 117 Å². The highest BCUT2D eigenvalue weighted by Crippen LogP contribution is 2.13. The van der Waals surface area contributed by atoms with E-state index in [2.05, 4.69) is 25.0 Å². The molecule has 0 rings (SSSR count). The number of carbonyl (C=O) groups is 1. The van der Waals surface area contributed by atoms with Crippen molar-refractivity contribution in [3.05, 3.63) is 0 Å². The second-order valence-electron chi connectivity index (χ2n) is 7.96. The van der Waals surface area contributed by atoms with E-state index < -0.39 is 0 Å². The van der Waals surface area contributed by atoms with Crippen molar-refractivity contribution in [1.82, 2.24) is 5.48 Å². The largest absolute Gasteiger partial charge is 0.379 e. The second-order valence-corrected chi connectivity index (χ2v) is 8.32. The molecule has 28 heavy (non-hydrogen) atoms. The molecule has 5 heteroatoms. The van der Waals surface area contributed by atoms with Crippen molar-refractivity contribution in [2.45, 2.75) is 123 Å². The fourth-order valence-corrected chi connectivity index (χ4v) is 3.44. The standard InChI is InChI=1S/C23H47NO3S/c1-3-4-5-6-7-8-9-10-11-12-13-14-15-16-17-18-19-26-20-23(21-28)27-24-22(2)25/h23,28H,3-21H2,1-2H3,(H,24,25). The van der Waals surface area contributed by atoms with Crippen LogP contribution in [0, 0.1) is 0 Å². The van der Waals surface area contributed by atoms with Crippen molar-refractivity contribution in [2.75, 3.05) is 19.0 Å². The molecule has 0 saturated heterocycles. The van der Waals surface area contributed by atoms with Gasteiger partial charge in [0, 0.05) is 19.3 Å². The zero-order chi connectivity index (χ0) is 20.7. The van der Waals surface area contributed by atoms with Gasteiger partial charge in [-0.2, -0.15) is 12.6 Å². The molecule has 0 aromatic carbocycles. The SMILES string of the molecule is CCCCCCCCCCCCCCCCCCOCC(CS)ONC(C)=O. The number of carbonyl (C=O) groups excluding carboxylic acids is 1. The van der Waals surface area contributed by atoms with E-state index in [0.717, 1.165) is 13.0 Å². The summed E-state index contributed by atoms with van der Waals surface area (Å²) in [5.41, 5.74) is 2.34. The molecule has 0 bridgehead atoms. The average Bonchev–Trinajstić information content (AvgIpc) is 2.69. The molecule has 0 radical (unpaired) electrons. The molecule has 0 aliphatic carbocycles. The number of nitrogens with one attached hydrogen (secondary N) is 1. The summed E-state index contributed by atoms with van der Waals surface area (Å²) in [7, 11) is 0. The van der Waals surface area contributed by atoms with Crippen molar-refractivity contribution in [3.63, 3.8) is 0 Å². The lowest BCUT2D eigenvalue weighted by Crippen LogP contribution is -2.32. The molecule has 0 fully saturated rings. The highest BCUT2D eigenvalue weighted by atomic mass is 32.1. The van der Waals surface area contributed by atoms with Crippen LogP contribution < -0.4 is 5.48 Å². The summed E-state index contributed by atoms with van der Waals surface area (Å²) in [6.07, 6.45) is 21.8. The Morgan fingerprint density at radius 2 is 1.21 bits per heavy atom. The molecule has 0 aliphatic rings. The molecule has 1 unspecified atom stereocenters. The fraction of sp³-hybridized carbons (Fsp3) is 0.957. The first kappa shape index (κ1) is 27.7. The van der Waals surface area contributed by atoms with E-state index in [1.54, 1.807) is 0 Å². The molecular weight excluding hydrogens is 370 g/mol. The summed E-state index contributed by atoms with van der Waals surface area (Å²) in [6, 6.07) is 0. The van der Waals surface area contributed by atoms with E-state index in [4.69, 9.17) is 9.57 Å². The zero-order valence-corrected chi connectivity index (χ0v) is 19.6. The van der Waals surface area contributed by atoms with Crippen LogP contribution in [0.4, 0.5) is 0 Å². The van der Waals surface area contributed by atoms with Crippen LogP contribution in [0.25, 0.3) is 0 Å². The smallest absolute Gasteiger partial charge is 0.240 e.